The van der Waals surface area contributed by atoms with E-state index in [1.807, 2.05) is 0 Å². The van der Waals surface area contributed by atoms with Crippen LogP contribution in [0.3, 0.4) is 0 Å². The van der Waals surface area contributed by atoms with Gasteiger partial charge in [0.25, 0.3) is 5.91 Å². The molecule has 0 unspecified atom stereocenters. The van der Waals surface area contributed by atoms with Gasteiger partial charge in [0, 0.05) is 6.20 Å². The summed E-state index contributed by atoms with van der Waals surface area (Å²) < 4.78 is 0. The highest BCUT2D eigenvalue weighted by molar-refractivity contribution is 6.06. The largest absolute Gasteiger partial charge is 0.478 e. The fourth-order valence-corrected chi connectivity index (χ4v) is 1.63. The molecule has 0 saturated heterocycles. The lowest BCUT2D eigenvalue weighted by Gasteiger charge is -2.08. The number of anilines is 1. The van der Waals surface area contributed by atoms with E-state index in [9.17, 15) is 9.59 Å². The molecule has 0 atom stereocenters. The number of aryl methyl sites for hydroxylation is 1. The number of benzene rings is 1. The topological polar surface area (TPSA) is 79.3 Å². The standard InChI is InChI=1S/C14H12N2O3/c1-9-5-6-11(10(8-9)14(18)19)16-13(17)12-4-2-3-7-15-12/h2-8H,1H3,(H,16,17)(H,18,19). The van der Waals surface area contributed by atoms with Crippen LogP contribution < -0.4 is 5.32 Å². The smallest absolute Gasteiger partial charge is 0.337 e. The summed E-state index contributed by atoms with van der Waals surface area (Å²) in [6.07, 6.45) is 1.50. The molecule has 1 amide bonds. The Kier molecular flexibility index (Phi) is 3.56. The van der Waals surface area contributed by atoms with Crippen LogP contribution in [0, 0.1) is 6.92 Å². The van der Waals surface area contributed by atoms with Crippen molar-refractivity contribution in [3.63, 3.8) is 0 Å². The molecule has 0 aliphatic rings. The molecule has 1 aromatic heterocycles. The minimum absolute atomic E-state index is 0.0595. The van der Waals surface area contributed by atoms with E-state index in [2.05, 4.69) is 10.3 Å². The second-order valence-corrected chi connectivity index (χ2v) is 4.02. The molecule has 2 rings (SSSR count). The third-order valence-corrected chi connectivity index (χ3v) is 2.55. The highest BCUT2D eigenvalue weighted by Gasteiger charge is 2.14. The van der Waals surface area contributed by atoms with Gasteiger partial charge in [0.05, 0.1) is 11.3 Å². The van der Waals surface area contributed by atoms with Crippen molar-refractivity contribution in [2.75, 3.05) is 5.32 Å². The van der Waals surface area contributed by atoms with Crippen LogP contribution in [0.15, 0.2) is 42.6 Å². The first-order valence-corrected chi connectivity index (χ1v) is 5.64. The summed E-state index contributed by atoms with van der Waals surface area (Å²) in [7, 11) is 0. The summed E-state index contributed by atoms with van der Waals surface area (Å²) in [6, 6.07) is 9.76. The number of aromatic carboxylic acids is 1. The van der Waals surface area contributed by atoms with Gasteiger partial charge in [0.15, 0.2) is 0 Å². The Morgan fingerprint density at radius 1 is 1.21 bits per heavy atom. The molecule has 0 fully saturated rings. The van der Waals surface area contributed by atoms with E-state index in [0.717, 1.165) is 5.56 Å². The zero-order chi connectivity index (χ0) is 13.8. The Bertz CT molecular complexity index is 624. The maximum atomic E-state index is 11.9. The molecule has 1 aromatic carbocycles. The van der Waals surface area contributed by atoms with Gasteiger partial charge in [-0.2, -0.15) is 0 Å². The molecule has 96 valence electrons. The number of carboxylic acid groups (broad SMARTS) is 1. The second-order valence-electron chi connectivity index (χ2n) is 4.02. The molecular formula is C14H12N2O3. The van der Waals surface area contributed by atoms with E-state index in [0.29, 0.717) is 0 Å². The molecule has 2 N–H and O–H groups in total. The maximum absolute atomic E-state index is 11.9. The maximum Gasteiger partial charge on any atom is 0.337 e. The van der Waals surface area contributed by atoms with Gasteiger partial charge in [-0.1, -0.05) is 17.7 Å². The highest BCUT2D eigenvalue weighted by Crippen LogP contribution is 2.18. The first-order valence-electron chi connectivity index (χ1n) is 5.64. The number of carbonyl (C=O) groups excluding carboxylic acids is 1. The first-order chi connectivity index (χ1) is 9.08. The van der Waals surface area contributed by atoms with Gasteiger partial charge in [-0.05, 0) is 31.2 Å². The minimum atomic E-state index is -1.08. The van der Waals surface area contributed by atoms with E-state index in [4.69, 9.17) is 5.11 Å². The Labute approximate surface area is 109 Å². The molecule has 5 heteroatoms. The summed E-state index contributed by atoms with van der Waals surface area (Å²) in [5.41, 5.74) is 1.37. The monoisotopic (exact) mass is 256 g/mol. The van der Waals surface area contributed by atoms with Crippen LogP contribution in [0.4, 0.5) is 5.69 Å². The molecule has 0 spiro atoms. The van der Waals surface area contributed by atoms with Crippen LogP contribution in [0.5, 0.6) is 0 Å². The number of aromatic nitrogens is 1. The highest BCUT2D eigenvalue weighted by atomic mass is 16.4. The number of amides is 1. The average molecular weight is 256 g/mol. The van der Waals surface area contributed by atoms with Crippen molar-refractivity contribution in [3.8, 4) is 0 Å². The van der Waals surface area contributed by atoms with E-state index >= 15 is 0 Å². The van der Waals surface area contributed by atoms with Gasteiger partial charge >= 0.3 is 5.97 Å². The van der Waals surface area contributed by atoms with Gasteiger partial charge in [-0.25, -0.2) is 4.79 Å². The predicted octanol–water partition coefficient (Wildman–Crippen LogP) is 2.34. The van der Waals surface area contributed by atoms with Gasteiger partial charge in [-0.3, -0.25) is 9.78 Å². The van der Waals surface area contributed by atoms with Crippen molar-refractivity contribution in [1.82, 2.24) is 4.98 Å². The van der Waals surface area contributed by atoms with E-state index in [1.54, 1.807) is 37.3 Å². The number of pyridine rings is 1. The molecule has 0 aliphatic carbocycles. The number of carboxylic acids is 1. The van der Waals surface area contributed by atoms with Crippen LogP contribution >= 0.6 is 0 Å². The third-order valence-electron chi connectivity index (χ3n) is 2.55. The second kappa shape index (κ2) is 5.30. The lowest BCUT2D eigenvalue weighted by molar-refractivity contribution is 0.0698. The SMILES string of the molecule is Cc1ccc(NC(=O)c2ccccn2)c(C(=O)O)c1. The lowest BCUT2D eigenvalue weighted by atomic mass is 10.1. The van der Waals surface area contributed by atoms with Crippen LogP contribution in [0.1, 0.15) is 26.4 Å². The van der Waals surface area contributed by atoms with Crippen molar-refractivity contribution < 1.29 is 14.7 Å². The number of nitrogens with zero attached hydrogens (tertiary/aromatic N) is 1. The van der Waals surface area contributed by atoms with Crippen molar-refractivity contribution in [1.29, 1.82) is 0 Å². The quantitative estimate of drug-likeness (QED) is 0.883. The molecule has 0 bridgehead atoms. The Morgan fingerprint density at radius 3 is 2.63 bits per heavy atom. The Balaban J connectivity index is 2.29. The van der Waals surface area contributed by atoms with Gasteiger partial charge < -0.3 is 10.4 Å². The Morgan fingerprint density at radius 2 is 2.00 bits per heavy atom. The number of nitrogens with one attached hydrogen (secondary N) is 1. The normalized spacial score (nSPS) is 9.95. The van der Waals surface area contributed by atoms with Crippen molar-refractivity contribution in [3.05, 3.63) is 59.4 Å². The van der Waals surface area contributed by atoms with Crippen LogP contribution in [0.25, 0.3) is 0 Å². The summed E-state index contributed by atoms with van der Waals surface area (Å²) in [6.45, 7) is 1.79. The first kappa shape index (κ1) is 12.8. The summed E-state index contributed by atoms with van der Waals surface area (Å²) in [5.74, 6) is -1.52. The molecule has 0 radical (unpaired) electrons. The number of carbonyl (C=O) groups is 2. The number of rotatable bonds is 3. The van der Waals surface area contributed by atoms with Gasteiger partial charge in [0.1, 0.15) is 5.69 Å². The van der Waals surface area contributed by atoms with Crippen molar-refractivity contribution in [2.24, 2.45) is 0 Å². The molecule has 1 heterocycles. The summed E-state index contributed by atoms with van der Waals surface area (Å²) in [5, 5.41) is 11.7. The fraction of sp³-hybridized carbons (Fsp3) is 0.0714. The van der Waals surface area contributed by atoms with Gasteiger partial charge in [-0.15, -0.1) is 0 Å². The Hall–Kier alpha value is -2.69. The zero-order valence-corrected chi connectivity index (χ0v) is 10.3. The van der Waals surface area contributed by atoms with E-state index in [-0.39, 0.29) is 16.9 Å². The van der Waals surface area contributed by atoms with Crippen LogP contribution in [0.2, 0.25) is 0 Å². The minimum Gasteiger partial charge on any atom is -0.478 e. The number of hydrogen-bond acceptors (Lipinski definition) is 3. The van der Waals surface area contributed by atoms with E-state index < -0.39 is 11.9 Å². The van der Waals surface area contributed by atoms with Crippen LogP contribution in [-0.2, 0) is 0 Å². The zero-order valence-electron chi connectivity index (χ0n) is 10.3. The number of hydrogen-bond donors (Lipinski definition) is 2. The average Bonchev–Trinajstić information content (AvgIpc) is 2.41. The third kappa shape index (κ3) is 2.95. The molecule has 0 saturated carbocycles. The predicted molar refractivity (Wildman–Crippen MR) is 70.3 cm³/mol. The van der Waals surface area contributed by atoms with Gasteiger partial charge in [0.2, 0.25) is 0 Å². The van der Waals surface area contributed by atoms with Crippen molar-refractivity contribution in [2.45, 2.75) is 6.92 Å². The molecule has 2 aromatic rings. The van der Waals surface area contributed by atoms with Crippen molar-refractivity contribution >= 4 is 17.6 Å². The molecule has 0 aliphatic heterocycles. The molecule has 19 heavy (non-hydrogen) atoms. The fourth-order valence-electron chi connectivity index (χ4n) is 1.63. The lowest BCUT2D eigenvalue weighted by Crippen LogP contribution is -2.16. The molecule has 5 nitrogen and oxygen atoms in total. The summed E-state index contributed by atoms with van der Waals surface area (Å²) >= 11 is 0. The van der Waals surface area contributed by atoms with E-state index in [1.165, 1.54) is 12.3 Å². The molecular weight excluding hydrogens is 244 g/mol. The van der Waals surface area contributed by atoms with Crippen LogP contribution in [-0.4, -0.2) is 22.0 Å². The summed E-state index contributed by atoms with van der Waals surface area (Å²) in [4.78, 5) is 26.9.